The maximum atomic E-state index is 12.3. The smallest absolute Gasteiger partial charge is 0.255 e. The third kappa shape index (κ3) is 4.31. The number of nitriles is 1. The lowest BCUT2D eigenvalue weighted by Gasteiger charge is -2.33. The van der Waals surface area contributed by atoms with Gasteiger partial charge in [-0.1, -0.05) is 0 Å². The van der Waals surface area contributed by atoms with Gasteiger partial charge in [0.25, 0.3) is 5.91 Å². The van der Waals surface area contributed by atoms with Crippen LogP contribution in [0.5, 0.6) is 0 Å². The Hall–Kier alpha value is -1.89. The number of amides is 1. The number of nitrogens with one attached hydrogen (secondary N) is 1. The topological polar surface area (TPSA) is 106 Å². The predicted molar refractivity (Wildman–Crippen MR) is 83.3 cm³/mol. The molecule has 1 amide bonds. The fourth-order valence-corrected chi connectivity index (χ4v) is 3.91. The van der Waals surface area contributed by atoms with Gasteiger partial charge in [0, 0.05) is 46.1 Å². The Kier molecular flexibility index (Phi) is 5.76. The first-order chi connectivity index (χ1) is 11.0. The van der Waals surface area contributed by atoms with E-state index in [0.29, 0.717) is 37.4 Å². The van der Waals surface area contributed by atoms with Crippen molar-refractivity contribution in [2.75, 3.05) is 45.6 Å². The highest BCUT2D eigenvalue weighted by Crippen LogP contribution is 2.13. The summed E-state index contributed by atoms with van der Waals surface area (Å²) in [5.74, 6) is -0.142. The number of aromatic amines is 1. The van der Waals surface area contributed by atoms with Crippen LogP contribution < -0.4 is 0 Å². The number of ether oxygens (including phenoxy) is 1. The summed E-state index contributed by atoms with van der Waals surface area (Å²) >= 11 is 0. The zero-order valence-electron chi connectivity index (χ0n) is 13.0. The van der Waals surface area contributed by atoms with Crippen LogP contribution in [-0.4, -0.2) is 74.2 Å². The Labute approximate surface area is 135 Å². The molecular formula is C14H20N4O4S. The average Bonchev–Trinajstić information content (AvgIpc) is 3.03. The molecule has 1 fully saturated rings. The van der Waals surface area contributed by atoms with E-state index in [0.717, 1.165) is 0 Å². The molecule has 0 atom stereocenters. The van der Waals surface area contributed by atoms with Gasteiger partial charge in [-0.15, -0.1) is 0 Å². The Bertz CT molecular complexity index is 684. The summed E-state index contributed by atoms with van der Waals surface area (Å²) in [6.07, 6.45) is 1.95. The lowest BCUT2D eigenvalue weighted by molar-refractivity contribution is 0.0698. The number of hydrogen-bond donors (Lipinski definition) is 1. The van der Waals surface area contributed by atoms with Crippen molar-refractivity contribution < 1.29 is 17.9 Å². The number of carbonyl (C=O) groups excluding carboxylic acids is 1. The van der Waals surface area contributed by atoms with E-state index in [1.54, 1.807) is 4.90 Å². The molecule has 1 aliphatic heterocycles. The number of rotatable bonds is 6. The van der Waals surface area contributed by atoms with Gasteiger partial charge in [0.2, 0.25) is 10.0 Å². The first-order valence-corrected chi connectivity index (χ1v) is 8.93. The summed E-state index contributed by atoms with van der Waals surface area (Å²) in [7, 11) is -1.77. The molecule has 1 aliphatic rings. The van der Waals surface area contributed by atoms with E-state index in [1.165, 1.54) is 23.7 Å². The SMILES string of the molecule is COCCCS(=O)(=O)N1CCN(C(=O)c2c[nH]c(C#N)c2)CC1. The fraction of sp³-hybridized carbons (Fsp3) is 0.571. The molecule has 0 aliphatic carbocycles. The van der Waals surface area contributed by atoms with Gasteiger partial charge in [-0.2, -0.15) is 9.57 Å². The molecule has 0 aromatic carbocycles. The van der Waals surface area contributed by atoms with Gasteiger partial charge in [0.05, 0.1) is 11.3 Å². The molecule has 23 heavy (non-hydrogen) atoms. The van der Waals surface area contributed by atoms with Crippen molar-refractivity contribution in [3.63, 3.8) is 0 Å². The molecule has 0 radical (unpaired) electrons. The summed E-state index contributed by atoms with van der Waals surface area (Å²) < 4.78 is 30.6. The van der Waals surface area contributed by atoms with E-state index in [2.05, 4.69) is 4.98 Å². The van der Waals surface area contributed by atoms with Gasteiger partial charge in [0.1, 0.15) is 11.8 Å². The normalized spacial score (nSPS) is 16.3. The van der Waals surface area contributed by atoms with Crippen LogP contribution in [-0.2, 0) is 14.8 Å². The van der Waals surface area contributed by atoms with Crippen molar-refractivity contribution in [1.82, 2.24) is 14.2 Å². The molecule has 126 valence electrons. The van der Waals surface area contributed by atoms with E-state index < -0.39 is 10.0 Å². The van der Waals surface area contributed by atoms with Gasteiger partial charge >= 0.3 is 0 Å². The molecule has 9 heteroatoms. The standard InChI is InChI=1S/C14H20N4O4S/c1-22-7-2-8-23(20,21)18-5-3-17(4-6-18)14(19)12-9-13(10-15)16-11-12/h9,11,16H,2-8H2,1H3. The number of nitrogens with zero attached hydrogens (tertiary/aromatic N) is 3. The fourth-order valence-electron chi connectivity index (χ4n) is 2.45. The number of aromatic nitrogens is 1. The highest BCUT2D eigenvalue weighted by molar-refractivity contribution is 7.89. The number of H-pyrrole nitrogens is 1. The van der Waals surface area contributed by atoms with Crippen molar-refractivity contribution in [2.45, 2.75) is 6.42 Å². The largest absolute Gasteiger partial charge is 0.385 e. The van der Waals surface area contributed by atoms with Crippen LogP contribution in [0, 0.1) is 11.3 Å². The molecule has 0 spiro atoms. The molecule has 2 rings (SSSR count). The van der Waals surface area contributed by atoms with E-state index >= 15 is 0 Å². The molecule has 0 saturated carbocycles. The second-order valence-corrected chi connectivity index (χ2v) is 7.36. The van der Waals surface area contributed by atoms with E-state index in [9.17, 15) is 13.2 Å². The number of sulfonamides is 1. The molecule has 1 aromatic rings. The van der Waals surface area contributed by atoms with Crippen molar-refractivity contribution in [1.29, 1.82) is 5.26 Å². The third-order valence-electron chi connectivity index (χ3n) is 3.72. The summed E-state index contributed by atoms with van der Waals surface area (Å²) in [6.45, 7) is 1.67. The first kappa shape index (κ1) is 17.5. The summed E-state index contributed by atoms with van der Waals surface area (Å²) in [4.78, 5) is 16.6. The molecule has 0 unspecified atom stereocenters. The number of hydrogen-bond acceptors (Lipinski definition) is 5. The third-order valence-corrected chi connectivity index (χ3v) is 5.68. The molecule has 0 bridgehead atoms. The quantitative estimate of drug-likeness (QED) is 0.734. The lowest BCUT2D eigenvalue weighted by Crippen LogP contribution is -2.51. The molecule has 2 heterocycles. The molecule has 1 N–H and O–H groups in total. The van der Waals surface area contributed by atoms with E-state index in [4.69, 9.17) is 10.00 Å². The van der Waals surface area contributed by atoms with E-state index in [-0.39, 0.29) is 24.7 Å². The summed E-state index contributed by atoms with van der Waals surface area (Å²) in [5.41, 5.74) is 0.741. The second kappa shape index (κ2) is 7.59. The highest BCUT2D eigenvalue weighted by atomic mass is 32.2. The van der Waals surface area contributed by atoms with Gasteiger partial charge in [-0.3, -0.25) is 4.79 Å². The Morgan fingerprint density at radius 2 is 2.09 bits per heavy atom. The van der Waals surface area contributed by atoms with Crippen LogP contribution in [0.1, 0.15) is 22.5 Å². The van der Waals surface area contributed by atoms with Gasteiger partial charge < -0.3 is 14.6 Å². The van der Waals surface area contributed by atoms with Crippen LogP contribution in [0.4, 0.5) is 0 Å². The Morgan fingerprint density at radius 1 is 1.39 bits per heavy atom. The monoisotopic (exact) mass is 340 g/mol. The van der Waals surface area contributed by atoms with Gasteiger partial charge in [-0.25, -0.2) is 8.42 Å². The maximum absolute atomic E-state index is 12.3. The second-order valence-electron chi connectivity index (χ2n) is 5.27. The first-order valence-electron chi connectivity index (χ1n) is 7.32. The van der Waals surface area contributed by atoms with Crippen molar-refractivity contribution in [3.8, 4) is 6.07 Å². The lowest BCUT2D eigenvalue weighted by atomic mass is 10.2. The molecule has 8 nitrogen and oxygen atoms in total. The minimum absolute atomic E-state index is 0.0537. The zero-order chi connectivity index (χ0) is 16.9. The summed E-state index contributed by atoms with van der Waals surface area (Å²) in [5, 5.41) is 8.77. The highest BCUT2D eigenvalue weighted by Gasteiger charge is 2.29. The average molecular weight is 340 g/mol. The van der Waals surface area contributed by atoms with Crippen molar-refractivity contribution in [2.24, 2.45) is 0 Å². The number of carbonyl (C=O) groups is 1. The minimum Gasteiger partial charge on any atom is -0.385 e. The molecule has 1 saturated heterocycles. The van der Waals surface area contributed by atoms with Gasteiger partial charge in [0.15, 0.2) is 0 Å². The minimum atomic E-state index is -3.30. The maximum Gasteiger partial charge on any atom is 0.255 e. The molecule has 1 aromatic heterocycles. The number of methoxy groups -OCH3 is 1. The number of piperazine rings is 1. The van der Waals surface area contributed by atoms with E-state index in [1.807, 2.05) is 6.07 Å². The van der Waals surface area contributed by atoms with Gasteiger partial charge in [-0.05, 0) is 12.5 Å². The van der Waals surface area contributed by atoms with Crippen molar-refractivity contribution >= 4 is 15.9 Å². The van der Waals surface area contributed by atoms with Crippen molar-refractivity contribution in [3.05, 3.63) is 23.5 Å². The zero-order valence-corrected chi connectivity index (χ0v) is 13.8. The predicted octanol–water partition coefficient (Wildman–Crippen LogP) is 0.0105. The van der Waals surface area contributed by atoms with Crippen LogP contribution in [0.2, 0.25) is 0 Å². The molecular weight excluding hydrogens is 320 g/mol. The summed E-state index contributed by atoms with van der Waals surface area (Å²) in [6, 6.07) is 3.43. The van der Waals surface area contributed by atoms with Crippen LogP contribution in [0.15, 0.2) is 12.3 Å². The Morgan fingerprint density at radius 3 is 2.65 bits per heavy atom. The van der Waals surface area contributed by atoms with Crippen LogP contribution in [0.25, 0.3) is 0 Å². The van der Waals surface area contributed by atoms with Crippen LogP contribution >= 0.6 is 0 Å². The van der Waals surface area contributed by atoms with Crippen LogP contribution in [0.3, 0.4) is 0 Å². The Balaban J connectivity index is 1.90.